The van der Waals surface area contributed by atoms with E-state index in [9.17, 15) is 14.0 Å². The smallest absolute Gasteiger partial charge is 0.321 e. The molecule has 1 aliphatic rings. The van der Waals surface area contributed by atoms with E-state index in [0.717, 1.165) is 31.7 Å². The van der Waals surface area contributed by atoms with E-state index in [4.69, 9.17) is 4.74 Å². The number of nitrogens with zero attached hydrogens (tertiary/aromatic N) is 2. The van der Waals surface area contributed by atoms with E-state index in [-0.39, 0.29) is 24.0 Å². The SMILES string of the molecule is CNC(=O)NC(=O)CN1CCN(Cc2ccc(OC)c(F)c2)CC1. The number of amides is 3. The van der Waals surface area contributed by atoms with E-state index in [0.29, 0.717) is 6.54 Å². The number of rotatable bonds is 5. The summed E-state index contributed by atoms with van der Waals surface area (Å²) in [6.45, 7) is 3.85. The van der Waals surface area contributed by atoms with Crippen LogP contribution in [0.25, 0.3) is 0 Å². The topological polar surface area (TPSA) is 73.9 Å². The molecule has 7 nitrogen and oxygen atoms in total. The number of carbonyl (C=O) groups excluding carboxylic acids is 2. The van der Waals surface area contributed by atoms with Crippen molar-refractivity contribution in [3.05, 3.63) is 29.6 Å². The maximum Gasteiger partial charge on any atom is 0.321 e. The van der Waals surface area contributed by atoms with Gasteiger partial charge in [-0.05, 0) is 17.7 Å². The van der Waals surface area contributed by atoms with Crippen molar-refractivity contribution in [1.29, 1.82) is 0 Å². The fourth-order valence-electron chi connectivity index (χ4n) is 2.60. The van der Waals surface area contributed by atoms with E-state index >= 15 is 0 Å². The fourth-order valence-corrected chi connectivity index (χ4v) is 2.60. The molecule has 0 spiro atoms. The summed E-state index contributed by atoms with van der Waals surface area (Å²) in [7, 11) is 2.90. The molecular weight excluding hydrogens is 315 g/mol. The van der Waals surface area contributed by atoms with Crippen LogP contribution in [0.2, 0.25) is 0 Å². The molecule has 3 amide bonds. The monoisotopic (exact) mass is 338 g/mol. The Morgan fingerprint density at radius 1 is 1.21 bits per heavy atom. The molecule has 1 aliphatic heterocycles. The molecule has 1 fully saturated rings. The third kappa shape index (κ3) is 5.17. The Morgan fingerprint density at radius 2 is 1.88 bits per heavy atom. The maximum atomic E-state index is 13.7. The largest absolute Gasteiger partial charge is 0.494 e. The van der Waals surface area contributed by atoms with Gasteiger partial charge in [-0.25, -0.2) is 9.18 Å². The molecule has 0 saturated carbocycles. The summed E-state index contributed by atoms with van der Waals surface area (Å²) in [6.07, 6.45) is 0. The van der Waals surface area contributed by atoms with Crippen molar-refractivity contribution in [3.8, 4) is 5.75 Å². The fraction of sp³-hybridized carbons (Fsp3) is 0.500. The van der Waals surface area contributed by atoms with Crippen LogP contribution in [0.4, 0.5) is 9.18 Å². The van der Waals surface area contributed by atoms with Gasteiger partial charge in [-0.3, -0.25) is 19.9 Å². The van der Waals surface area contributed by atoms with E-state index in [2.05, 4.69) is 15.5 Å². The predicted octanol–water partition coefficient (Wildman–Crippen LogP) is 0.408. The molecule has 1 saturated heterocycles. The van der Waals surface area contributed by atoms with Gasteiger partial charge in [-0.2, -0.15) is 0 Å². The Bertz CT molecular complexity index is 589. The van der Waals surface area contributed by atoms with Crippen molar-refractivity contribution in [3.63, 3.8) is 0 Å². The summed E-state index contributed by atoms with van der Waals surface area (Å²) < 4.78 is 18.6. The first-order valence-corrected chi connectivity index (χ1v) is 7.80. The molecule has 1 aromatic carbocycles. The van der Waals surface area contributed by atoms with Crippen LogP contribution >= 0.6 is 0 Å². The number of benzene rings is 1. The third-order valence-electron chi connectivity index (χ3n) is 3.93. The molecule has 0 unspecified atom stereocenters. The Hall–Kier alpha value is -2.19. The predicted molar refractivity (Wildman–Crippen MR) is 87.3 cm³/mol. The number of piperazine rings is 1. The lowest BCUT2D eigenvalue weighted by Crippen LogP contribution is -2.50. The molecule has 0 bridgehead atoms. The van der Waals surface area contributed by atoms with Crippen LogP contribution in [0.3, 0.4) is 0 Å². The second-order valence-electron chi connectivity index (χ2n) is 5.65. The quantitative estimate of drug-likeness (QED) is 0.813. The number of imide groups is 1. The molecule has 0 radical (unpaired) electrons. The molecule has 2 N–H and O–H groups in total. The second-order valence-corrected chi connectivity index (χ2v) is 5.65. The number of halogens is 1. The number of nitrogens with one attached hydrogen (secondary N) is 2. The molecule has 1 heterocycles. The Morgan fingerprint density at radius 3 is 2.46 bits per heavy atom. The maximum absolute atomic E-state index is 13.7. The van der Waals surface area contributed by atoms with Gasteiger partial charge < -0.3 is 10.1 Å². The van der Waals surface area contributed by atoms with Gasteiger partial charge in [0.15, 0.2) is 11.6 Å². The second kappa shape index (κ2) is 8.60. The van der Waals surface area contributed by atoms with Crippen LogP contribution < -0.4 is 15.4 Å². The van der Waals surface area contributed by atoms with Crippen LogP contribution in [0.15, 0.2) is 18.2 Å². The molecule has 24 heavy (non-hydrogen) atoms. The lowest BCUT2D eigenvalue weighted by Gasteiger charge is -2.34. The van der Waals surface area contributed by atoms with Crippen molar-refractivity contribution in [2.75, 3.05) is 46.9 Å². The molecule has 1 aromatic rings. The van der Waals surface area contributed by atoms with Crippen molar-refractivity contribution < 1.29 is 18.7 Å². The molecule has 0 atom stereocenters. The zero-order valence-corrected chi connectivity index (χ0v) is 14.0. The van der Waals surface area contributed by atoms with Crippen molar-refractivity contribution >= 4 is 11.9 Å². The number of hydrogen-bond donors (Lipinski definition) is 2. The van der Waals surface area contributed by atoms with Crippen molar-refractivity contribution in [2.24, 2.45) is 0 Å². The van der Waals surface area contributed by atoms with Gasteiger partial charge in [0, 0.05) is 39.8 Å². The molecule has 2 rings (SSSR count). The first-order chi connectivity index (χ1) is 11.5. The minimum atomic E-state index is -0.500. The highest BCUT2D eigenvalue weighted by molar-refractivity contribution is 5.95. The van der Waals surface area contributed by atoms with Crippen LogP contribution in [-0.2, 0) is 11.3 Å². The Balaban J connectivity index is 1.77. The molecule has 0 aliphatic carbocycles. The highest BCUT2D eigenvalue weighted by Gasteiger charge is 2.20. The van der Waals surface area contributed by atoms with Crippen LogP contribution in [0.1, 0.15) is 5.56 Å². The highest BCUT2D eigenvalue weighted by atomic mass is 19.1. The first kappa shape index (κ1) is 18.2. The molecule has 132 valence electrons. The number of hydrogen-bond acceptors (Lipinski definition) is 5. The summed E-state index contributed by atoms with van der Waals surface area (Å²) in [5, 5.41) is 4.59. The molecular formula is C16H23FN4O3. The van der Waals surface area contributed by atoms with Gasteiger partial charge >= 0.3 is 6.03 Å². The van der Waals surface area contributed by atoms with Gasteiger partial charge in [-0.1, -0.05) is 6.07 Å². The highest BCUT2D eigenvalue weighted by Crippen LogP contribution is 2.19. The van der Waals surface area contributed by atoms with Gasteiger partial charge in [0.2, 0.25) is 5.91 Å². The summed E-state index contributed by atoms with van der Waals surface area (Å²) in [5.74, 6) is -0.440. The van der Waals surface area contributed by atoms with Crippen molar-refractivity contribution in [2.45, 2.75) is 6.54 Å². The average Bonchev–Trinajstić information content (AvgIpc) is 2.56. The summed E-state index contributed by atoms with van der Waals surface area (Å²) in [5.41, 5.74) is 0.888. The van der Waals surface area contributed by atoms with Crippen LogP contribution in [0, 0.1) is 5.82 Å². The number of ether oxygens (including phenoxy) is 1. The van der Waals surface area contributed by atoms with Crippen molar-refractivity contribution in [1.82, 2.24) is 20.4 Å². The van der Waals surface area contributed by atoms with Crippen LogP contribution in [-0.4, -0.2) is 68.6 Å². The Labute approximate surface area is 140 Å². The van der Waals surface area contributed by atoms with Gasteiger partial charge in [0.25, 0.3) is 0 Å². The zero-order chi connectivity index (χ0) is 17.5. The lowest BCUT2D eigenvalue weighted by atomic mass is 10.2. The average molecular weight is 338 g/mol. The summed E-state index contributed by atoms with van der Waals surface area (Å²) in [6, 6.07) is 4.47. The van der Waals surface area contributed by atoms with Crippen LogP contribution in [0.5, 0.6) is 5.75 Å². The van der Waals surface area contributed by atoms with Gasteiger partial charge in [-0.15, -0.1) is 0 Å². The number of methoxy groups -OCH3 is 1. The zero-order valence-electron chi connectivity index (χ0n) is 14.0. The third-order valence-corrected chi connectivity index (χ3v) is 3.93. The minimum Gasteiger partial charge on any atom is -0.494 e. The molecule has 8 heteroatoms. The summed E-state index contributed by atoms with van der Waals surface area (Å²) >= 11 is 0. The minimum absolute atomic E-state index is 0.193. The van der Waals surface area contributed by atoms with E-state index in [1.54, 1.807) is 6.07 Å². The standard InChI is InChI=1S/C16H23FN4O3/c1-18-16(23)19-15(22)11-21-7-5-20(6-8-21)10-12-3-4-14(24-2)13(17)9-12/h3-4,9H,5-8,10-11H2,1-2H3,(H2,18,19,22,23). The normalized spacial score (nSPS) is 15.8. The number of urea groups is 1. The van der Waals surface area contributed by atoms with E-state index in [1.165, 1.54) is 20.2 Å². The van der Waals surface area contributed by atoms with E-state index in [1.807, 2.05) is 11.0 Å². The Kier molecular flexibility index (Phi) is 6.51. The van der Waals surface area contributed by atoms with Gasteiger partial charge in [0.05, 0.1) is 13.7 Å². The number of carbonyl (C=O) groups is 2. The first-order valence-electron chi connectivity index (χ1n) is 7.80. The lowest BCUT2D eigenvalue weighted by molar-refractivity contribution is -0.121. The van der Waals surface area contributed by atoms with E-state index < -0.39 is 6.03 Å². The summed E-state index contributed by atoms with van der Waals surface area (Å²) in [4.78, 5) is 26.9. The van der Waals surface area contributed by atoms with Gasteiger partial charge in [0.1, 0.15) is 0 Å². The molecule has 0 aromatic heterocycles.